The van der Waals surface area contributed by atoms with E-state index >= 15 is 0 Å². The Balaban J connectivity index is 1.27. The average Bonchev–Trinajstić information content (AvgIpc) is 3.28. The van der Waals surface area contributed by atoms with Gasteiger partial charge in [-0.25, -0.2) is 0 Å². The van der Waals surface area contributed by atoms with E-state index in [2.05, 4.69) is 13.8 Å². The largest absolute Gasteiger partial charge is 0.465 e. The summed E-state index contributed by atoms with van der Waals surface area (Å²) in [5, 5.41) is 0. The average molecular weight is 280 g/mol. The number of hydrogen-bond donors (Lipinski definition) is 0. The van der Waals surface area contributed by atoms with Crippen molar-refractivity contribution >= 4 is 5.97 Å². The molecule has 2 aliphatic carbocycles. The SMILES string of the molecule is CC1CC2OC2CC1C(=O)OCC1CCC2OC2(C)C1. The molecule has 0 aromatic heterocycles. The van der Waals surface area contributed by atoms with Crippen LogP contribution in [0.4, 0.5) is 0 Å². The van der Waals surface area contributed by atoms with Crippen LogP contribution in [-0.4, -0.2) is 36.5 Å². The molecule has 0 aromatic rings. The zero-order valence-electron chi connectivity index (χ0n) is 12.3. The molecule has 4 fully saturated rings. The number of carbonyl (C=O) groups is 1. The van der Waals surface area contributed by atoms with E-state index in [0.29, 0.717) is 36.8 Å². The second-order valence-electron chi connectivity index (χ2n) is 7.46. The standard InChI is InChI=1S/C16H24O4/c1-9-5-12-13(19-12)6-11(9)15(17)18-8-10-3-4-14-16(2,7-10)20-14/h9-14H,3-8H2,1-2H3. The third-order valence-electron chi connectivity index (χ3n) is 5.80. The van der Waals surface area contributed by atoms with Gasteiger partial charge in [-0.2, -0.15) is 0 Å². The highest BCUT2D eigenvalue weighted by atomic mass is 16.6. The summed E-state index contributed by atoms with van der Waals surface area (Å²) >= 11 is 0. The molecule has 0 bridgehead atoms. The minimum absolute atomic E-state index is 0.00422. The molecule has 2 saturated carbocycles. The Morgan fingerprint density at radius 1 is 1.30 bits per heavy atom. The van der Waals surface area contributed by atoms with Crippen LogP contribution in [0, 0.1) is 17.8 Å². The van der Waals surface area contributed by atoms with Gasteiger partial charge in [0.25, 0.3) is 0 Å². The first-order valence-electron chi connectivity index (χ1n) is 8.05. The van der Waals surface area contributed by atoms with Gasteiger partial charge in [0, 0.05) is 0 Å². The van der Waals surface area contributed by atoms with E-state index in [1.54, 1.807) is 0 Å². The van der Waals surface area contributed by atoms with Gasteiger partial charge in [-0.05, 0) is 50.9 Å². The van der Waals surface area contributed by atoms with Crippen LogP contribution in [0.15, 0.2) is 0 Å². The fourth-order valence-electron chi connectivity index (χ4n) is 4.28. The van der Waals surface area contributed by atoms with Gasteiger partial charge in [-0.3, -0.25) is 4.79 Å². The van der Waals surface area contributed by atoms with Gasteiger partial charge in [0.05, 0.1) is 36.4 Å². The van der Waals surface area contributed by atoms with E-state index < -0.39 is 0 Å². The molecule has 112 valence electrons. The van der Waals surface area contributed by atoms with Gasteiger partial charge in [0.2, 0.25) is 0 Å². The second kappa shape index (κ2) is 4.44. The predicted molar refractivity (Wildman–Crippen MR) is 72.1 cm³/mol. The maximum atomic E-state index is 12.3. The lowest BCUT2D eigenvalue weighted by Gasteiger charge is -2.27. The fourth-order valence-corrected chi connectivity index (χ4v) is 4.28. The van der Waals surface area contributed by atoms with Crippen molar-refractivity contribution in [3.05, 3.63) is 0 Å². The number of esters is 1. The van der Waals surface area contributed by atoms with Gasteiger partial charge in [0.15, 0.2) is 0 Å². The third kappa shape index (κ3) is 2.27. The predicted octanol–water partition coefficient (Wildman–Crippen LogP) is 2.30. The summed E-state index contributed by atoms with van der Waals surface area (Å²) in [5.41, 5.74) is 0.0858. The highest BCUT2D eigenvalue weighted by molar-refractivity contribution is 5.73. The Labute approximate surface area is 120 Å². The highest BCUT2D eigenvalue weighted by Gasteiger charge is 2.55. The van der Waals surface area contributed by atoms with Crippen LogP contribution < -0.4 is 0 Å². The van der Waals surface area contributed by atoms with E-state index in [0.717, 1.165) is 32.1 Å². The summed E-state index contributed by atoms with van der Waals surface area (Å²) in [5.74, 6) is 0.913. The van der Waals surface area contributed by atoms with E-state index in [1.165, 1.54) is 0 Å². The Morgan fingerprint density at radius 2 is 2.10 bits per heavy atom. The minimum Gasteiger partial charge on any atom is -0.465 e. The van der Waals surface area contributed by atoms with Gasteiger partial charge < -0.3 is 14.2 Å². The van der Waals surface area contributed by atoms with E-state index in [9.17, 15) is 4.79 Å². The summed E-state index contributed by atoms with van der Waals surface area (Å²) in [7, 11) is 0. The van der Waals surface area contributed by atoms with Crippen molar-refractivity contribution in [2.24, 2.45) is 17.8 Å². The van der Waals surface area contributed by atoms with E-state index in [-0.39, 0.29) is 17.5 Å². The molecule has 7 unspecified atom stereocenters. The van der Waals surface area contributed by atoms with Crippen molar-refractivity contribution in [3.63, 3.8) is 0 Å². The quantitative estimate of drug-likeness (QED) is 0.588. The normalized spacial score (nSPS) is 52.7. The lowest BCUT2D eigenvalue weighted by molar-refractivity contribution is -0.153. The number of carbonyl (C=O) groups excluding carboxylic acids is 1. The van der Waals surface area contributed by atoms with Crippen molar-refractivity contribution in [2.75, 3.05) is 6.61 Å². The molecule has 7 atom stereocenters. The van der Waals surface area contributed by atoms with Crippen molar-refractivity contribution < 1.29 is 19.0 Å². The molecule has 0 N–H and O–H groups in total. The maximum absolute atomic E-state index is 12.3. The second-order valence-corrected chi connectivity index (χ2v) is 7.46. The van der Waals surface area contributed by atoms with Crippen LogP contribution in [0.3, 0.4) is 0 Å². The molecular weight excluding hydrogens is 256 g/mol. The fraction of sp³-hybridized carbons (Fsp3) is 0.938. The molecule has 0 amide bonds. The van der Waals surface area contributed by atoms with Crippen LogP contribution in [0.25, 0.3) is 0 Å². The first-order valence-corrected chi connectivity index (χ1v) is 8.05. The summed E-state index contributed by atoms with van der Waals surface area (Å²) in [6, 6.07) is 0. The van der Waals surface area contributed by atoms with Crippen LogP contribution in [0.1, 0.15) is 46.0 Å². The van der Waals surface area contributed by atoms with Gasteiger partial charge >= 0.3 is 5.97 Å². The Bertz CT molecular complexity index is 423. The molecule has 4 aliphatic rings. The Kier molecular flexibility index (Phi) is 2.90. The molecule has 4 nitrogen and oxygen atoms in total. The van der Waals surface area contributed by atoms with Crippen molar-refractivity contribution in [2.45, 2.75) is 69.9 Å². The first kappa shape index (κ1) is 13.1. The topological polar surface area (TPSA) is 51.4 Å². The zero-order valence-corrected chi connectivity index (χ0v) is 12.3. The summed E-state index contributed by atoms with van der Waals surface area (Å²) < 4.78 is 16.8. The van der Waals surface area contributed by atoms with E-state index in [4.69, 9.17) is 14.2 Å². The smallest absolute Gasteiger partial charge is 0.309 e. The molecule has 4 heteroatoms. The minimum atomic E-state index is -0.00422. The Morgan fingerprint density at radius 3 is 2.90 bits per heavy atom. The van der Waals surface area contributed by atoms with Crippen molar-refractivity contribution in [1.82, 2.24) is 0 Å². The Hall–Kier alpha value is -0.610. The monoisotopic (exact) mass is 280 g/mol. The molecule has 4 rings (SSSR count). The van der Waals surface area contributed by atoms with E-state index in [1.807, 2.05) is 0 Å². The molecule has 0 aromatic carbocycles. The highest BCUT2D eigenvalue weighted by Crippen LogP contribution is 2.49. The van der Waals surface area contributed by atoms with Crippen LogP contribution in [0.5, 0.6) is 0 Å². The lowest BCUT2D eigenvalue weighted by Crippen LogP contribution is -2.33. The molecule has 0 radical (unpaired) electrons. The number of rotatable bonds is 3. The third-order valence-corrected chi connectivity index (χ3v) is 5.80. The van der Waals surface area contributed by atoms with Crippen LogP contribution in [-0.2, 0) is 19.0 Å². The van der Waals surface area contributed by atoms with Gasteiger partial charge in [-0.15, -0.1) is 0 Å². The molecule has 0 spiro atoms. The number of fused-ring (bicyclic) bond motifs is 2. The number of ether oxygens (including phenoxy) is 3. The maximum Gasteiger partial charge on any atom is 0.309 e. The summed E-state index contributed by atoms with van der Waals surface area (Å²) in [6.07, 6.45) is 6.39. The van der Waals surface area contributed by atoms with Crippen LogP contribution in [0.2, 0.25) is 0 Å². The summed E-state index contributed by atoms with van der Waals surface area (Å²) in [4.78, 5) is 12.3. The van der Waals surface area contributed by atoms with Gasteiger partial charge in [-0.1, -0.05) is 6.92 Å². The molecular formula is C16H24O4. The van der Waals surface area contributed by atoms with Crippen molar-refractivity contribution in [3.8, 4) is 0 Å². The zero-order chi connectivity index (χ0) is 13.9. The van der Waals surface area contributed by atoms with Crippen LogP contribution >= 0.6 is 0 Å². The van der Waals surface area contributed by atoms with Gasteiger partial charge in [0.1, 0.15) is 0 Å². The molecule has 2 heterocycles. The summed E-state index contributed by atoms with van der Waals surface area (Å²) in [6.45, 7) is 4.90. The number of epoxide rings is 2. The lowest BCUT2D eigenvalue weighted by atomic mass is 9.80. The molecule has 2 saturated heterocycles. The van der Waals surface area contributed by atoms with Crippen molar-refractivity contribution in [1.29, 1.82) is 0 Å². The first-order chi connectivity index (χ1) is 9.55. The molecule has 2 aliphatic heterocycles. The molecule has 20 heavy (non-hydrogen) atoms. The number of hydrogen-bond acceptors (Lipinski definition) is 4.